The van der Waals surface area contributed by atoms with Crippen LogP contribution in [0.2, 0.25) is 0 Å². The number of carbonyl (C=O) groups excluding carboxylic acids is 2. The monoisotopic (exact) mass is 250 g/mol. The minimum Gasteiger partial charge on any atom is -0.493 e. The molecule has 0 saturated carbocycles. The van der Waals surface area contributed by atoms with Gasteiger partial charge < -0.3 is 14.2 Å². The highest BCUT2D eigenvalue weighted by molar-refractivity contribution is 5.87. The van der Waals surface area contributed by atoms with Crippen LogP contribution in [0.15, 0.2) is 24.3 Å². The molecule has 96 valence electrons. The fraction of sp³-hybridized carbons (Fsp3) is 0.231. The zero-order valence-electron chi connectivity index (χ0n) is 10.4. The van der Waals surface area contributed by atoms with Gasteiger partial charge in [0.05, 0.1) is 14.2 Å². The van der Waals surface area contributed by atoms with Gasteiger partial charge in [0.25, 0.3) is 0 Å². The van der Waals surface area contributed by atoms with Crippen LogP contribution in [0.1, 0.15) is 12.5 Å². The minimum absolute atomic E-state index is 0.334. The Morgan fingerprint density at radius 3 is 2.44 bits per heavy atom. The molecule has 0 amide bonds. The number of hydrogen-bond acceptors (Lipinski definition) is 5. The molecule has 0 saturated heterocycles. The second-order valence-corrected chi connectivity index (χ2v) is 3.36. The van der Waals surface area contributed by atoms with Crippen LogP contribution >= 0.6 is 0 Å². The lowest BCUT2D eigenvalue weighted by atomic mass is 10.2. The zero-order chi connectivity index (χ0) is 13.5. The van der Waals surface area contributed by atoms with Gasteiger partial charge in [0.2, 0.25) is 0 Å². The largest absolute Gasteiger partial charge is 0.493 e. The topological polar surface area (TPSA) is 61.8 Å². The molecule has 0 N–H and O–H groups in total. The van der Waals surface area contributed by atoms with E-state index in [9.17, 15) is 9.59 Å². The molecule has 0 unspecified atom stereocenters. The minimum atomic E-state index is -0.446. The van der Waals surface area contributed by atoms with Crippen molar-refractivity contribution >= 4 is 18.0 Å². The molecule has 1 aromatic carbocycles. The van der Waals surface area contributed by atoms with Crippen LogP contribution in [0, 0.1) is 0 Å². The van der Waals surface area contributed by atoms with Crippen molar-refractivity contribution in [1.82, 2.24) is 0 Å². The standard InChI is InChI=1S/C13H14O5/c1-9(14)18-11-6-4-10(8-12(11)16-2)5-7-13(15)17-3/h4-8H,1-3H3/b7-5+. The molecule has 0 fully saturated rings. The number of methoxy groups -OCH3 is 2. The number of benzene rings is 1. The summed E-state index contributed by atoms with van der Waals surface area (Å²) < 4.78 is 14.5. The fourth-order valence-electron chi connectivity index (χ4n) is 1.26. The molecule has 0 radical (unpaired) electrons. The van der Waals surface area contributed by atoms with E-state index in [1.807, 2.05) is 0 Å². The highest BCUT2D eigenvalue weighted by Gasteiger charge is 2.07. The van der Waals surface area contributed by atoms with Crippen LogP contribution in [-0.2, 0) is 14.3 Å². The Bertz CT molecular complexity index is 476. The summed E-state index contributed by atoms with van der Waals surface area (Å²) in [6, 6.07) is 4.94. The molecule has 18 heavy (non-hydrogen) atoms. The highest BCUT2D eigenvalue weighted by Crippen LogP contribution is 2.28. The summed E-state index contributed by atoms with van der Waals surface area (Å²) >= 11 is 0. The van der Waals surface area contributed by atoms with E-state index in [-0.39, 0.29) is 0 Å². The second-order valence-electron chi connectivity index (χ2n) is 3.36. The van der Waals surface area contributed by atoms with E-state index in [0.717, 1.165) is 5.56 Å². The van der Waals surface area contributed by atoms with Crippen molar-refractivity contribution in [2.45, 2.75) is 6.92 Å². The summed E-state index contributed by atoms with van der Waals surface area (Å²) in [4.78, 5) is 21.8. The van der Waals surface area contributed by atoms with Gasteiger partial charge in [-0.1, -0.05) is 6.07 Å². The summed E-state index contributed by atoms with van der Waals surface area (Å²) in [6.07, 6.45) is 2.87. The molecule has 1 rings (SSSR count). The van der Waals surface area contributed by atoms with Crippen molar-refractivity contribution in [3.63, 3.8) is 0 Å². The molecule has 0 aliphatic rings. The average molecular weight is 250 g/mol. The maximum Gasteiger partial charge on any atom is 0.330 e. The lowest BCUT2D eigenvalue weighted by Gasteiger charge is -2.08. The van der Waals surface area contributed by atoms with Crippen LogP contribution in [-0.4, -0.2) is 26.2 Å². The quantitative estimate of drug-likeness (QED) is 0.463. The molecule has 0 bridgehead atoms. The predicted octanol–water partition coefficient (Wildman–Crippen LogP) is 1.81. The Kier molecular flexibility index (Phi) is 4.92. The molecule has 0 atom stereocenters. The van der Waals surface area contributed by atoms with E-state index in [4.69, 9.17) is 9.47 Å². The predicted molar refractivity (Wildman–Crippen MR) is 65.4 cm³/mol. The van der Waals surface area contributed by atoms with Crippen molar-refractivity contribution in [1.29, 1.82) is 0 Å². The summed E-state index contributed by atoms with van der Waals surface area (Å²) in [5, 5.41) is 0. The third kappa shape index (κ3) is 3.93. The number of carbonyl (C=O) groups is 2. The Labute approximate surface area is 105 Å². The number of hydrogen-bond donors (Lipinski definition) is 0. The van der Waals surface area contributed by atoms with Gasteiger partial charge in [-0.15, -0.1) is 0 Å². The molecule has 5 heteroatoms. The van der Waals surface area contributed by atoms with Crippen LogP contribution in [0.3, 0.4) is 0 Å². The van der Waals surface area contributed by atoms with Gasteiger partial charge >= 0.3 is 11.9 Å². The fourth-order valence-corrected chi connectivity index (χ4v) is 1.26. The van der Waals surface area contributed by atoms with E-state index in [0.29, 0.717) is 11.5 Å². The van der Waals surface area contributed by atoms with Crippen LogP contribution in [0.25, 0.3) is 6.08 Å². The maximum absolute atomic E-state index is 10.9. The molecule has 0 heterocycles. The van der Waals surface area contributed by atoms with E-state index < -0.39 is 11.9 Å². The zero-order valence-corrected chi connectivity index (χ0v) is 10.4. The lowest BCUT2D eigenvalue weighted by molar-refractivity contribution is -0.135. The first-order chi connectivity index (χ1) is 8.56. The van der Waals surface area contributed by atoms with Gasteiger partial charge in [-0.25, -0.2) is 4.79 Å². The Morgan fingerprint density at radius 1 is 1.17 bits per heavy atom. The molecule has 0 aliphatic heterocycles. The lowest BCUT2D eigenvalue weighted by Crippen LogP contribution is -2.03. The Balaban J connectivity index is 2.94. The van der Waals surface area contributed by atoms with Gasteiger partial charge in [-0.05, 0) is 23.8 Å². The van der Waals surface area contributed by atoms with Crippen molar-refractivity contribution < 1.29 is 23.8 Å². The Morgan fingerprint density at radius 2 is 1.89 bits per heavy atom. The molecule has 0 spiro atoms. The summed E-state index contributed by atoms with van der Waals surface area (Å²) in [5.41, 5.74) is 0.730. The number of esters is 2. The SMILES string of the molecule is COC(=O)/C=C/c1ccc(OC(C)=O)c(OC)c1. The van der Waals surface area contributed by atoms with E-state index in [1.54, 1.807) is 24.3 Å². The highest BCUT2D eigenvalue weighted by atomic mass is 16.6. The first-order valence-corrected chi connectivity index (χ1v) is 5.19. The van der Waals surface area contributed by atoms with Crippen LogP contribution in [0.4, 0.5) is 0 Å². The van der Waals surface area contributed by atoms with Crippen LogP contribution in [0.5, 0.6) is 11.5 Å². The van der Waals surface area contributed by atoms with Crippen molar-refractivity contribution in [2.75, 3.05) is 14.2 Å². The molecule has 5 nitrogen and oxygen atoms in total. The molecule has 0 aromatic heterocycles. The first-order valence-electron chi connectivity index (χ1n) is 5.19. The van der Waals surface area contributed by atoms with Crippen molar-refractivity contribution in [3.8, 4) is 11.5 Å². The van der Waals surface area contributed by atoms with Gasteiger partial charge in [0.1, 0.15) is 0 Å². The Hall–Kier alpha value is -2.30. The van der Waals surface area contributed by atoms with E-state index in [1.165, 1.54) is 27.2 Å². The average Bonchev–Trinajstić information content (AvgIpc) is 2.36. The summed E-state index contributed by atoms with van der Waals surface area (Å²) in [6.45, 7) is 1.31. The smallest absolute Gasteiger partial charge is 0.330 e. The van der Waals surface area contributed by atoms with E-state index >= 15 is 0 Å². The number of ether oxygens (including phenoxy) is 3. The first kappa shape index (κ1) is 13.8. The number of rotatable bonds is 4. The third-order valence-electron chi connectivity index (χ3n) is 2.05. The maximum atomic E-state index is 10.9. The molecular formula is C13H14O5. The normalized spacial score (nSPS) is 10.2. The van der Waals surface area contributed by atoms with Crippen LogP contribution < -0.4 is 9.47 Å². The summed E-state index contributed by atoms with van der Waals surface area (Å²) in [5.74, 6) is -0.124. The third-order valence-corrected chi connectivity index (χ3v) is 2.05. The molecular weight excluding hydrogens is 236 g/mol. The van der Waals surface area contributed by atoms with Gasteiger partial charge in [0.15, 0.2) is 11.5 Å². The van der Waals surface area contributed by atoms with E-state index in [2.05, 4.69) is 4.74 Å². The second kappa shape index (κ2) is 6.44. The summed E-state index contributed by atoms with van der Waals surface area (Å²) in [7, 11) is 2.77. The van der Waals surface area contributed by atoms with Crippen molar-refractivity contribution in [2.24, 2.45) is 0 Å². The molecule has 1 aromatic rings. The van der Waals surface area contributed by atoms with Gasteiger partial charge in [0, 0.05) is 13.0 Å². The van der Waals surface area contributed by atoms with Gasteiger partial charge in [-0.3, -0.25) is 4.79 Å². The molecule has 0 aliphatic carbocycles. The van der Waals surface area contributed by atoms with Gasteiger partial charge in [-0.2, -0.15) is 0 Å². The van der Waals surface area contributed by atoms with Crippen molar-refractivity contribution in [3.05, 3.63) is 29.8 Å².